The molecule has 3 nitrogen and oxygen atoms in total. The molecule has 0 atom stereocenters. The Balaban J connectivity index is 1.74. The molecular weight excluding hydrogens is 408 g/mol. The third-order valence-electron chi connectivity index (χ3n) is 3.82. The van der Waals surface area contributed by atoms with E-state index in [1.807, 2.05) is 18.2 Å². The zero-order chi connectivity index (χ0) is 17.1. The molecule has 1 amide bonds. The van der Waals surface area contributed by atoms with E-state index >= 15 is 0 Å². The molecule has 2 aromatic carbocycles. The highest BCUT2D eigenvalue weighted by Gasteiger charge is 2.26. The molecule has 0 N–H and O–H groups in total. The van der Waals surface area contributed by atoms with Gasteiger partial charge in [-0.3, -0.25) is 14.7 Å². The van der Waals surface area contributed by atoms with Gasteiger partial charge in [0.1, 0.15) is 0 Å². The molecule has 0 spiro atoms. The van der Waals surface area contributed by atoms with Crippen LogP contribution in [0.3, 0.4) is 0 Å². The Bertz CT molecular complexity index is 809. The van der Waals surface area contributed by atoms with Crippen molar-refractivity contribution >= 4 is 50.4 Å². The highest BCUT2D eigenvalue weighted by molar-refractivity contribution is 9.10. The van der Waals surface area contributed by atoms with Crippen molar-refractivity contribution in [2.75, 3.05) is 13.1 Å². The summed E-state index contributed by atoms with van der Waals surface area (Å²) in [6.07, 6.45) is 0. The number of aryl methyl sites for hydroxylation is 1. The Hall–Kier alpha value is -1.30. The van der Waals surface area contributed by atoms with Crippen molar-refractivity contribution in [2.45, 2.75) is 12.7 Å². The van der Waals surface area contributed by atoms with Gasteiger partial charge < -0.3 is 0 Å². The van der Waals surface area contributed by atoms with Crippen LogP contribution in [0.15, 0.2) is 51.9 Å². The summed E-state index contributed by atoms with van der Waals surface area (Å²) in [7, 11) is 0. The van der Waals surface area contributed by atoms with Crippen LogP contribution in [-0.2, 0) is 5.75 Å². The lowest BCUT2D eigenvalue weighted by Crippen LogP contribution is -2.33. The van der Waals surface area contributed by atoms with Crippen molar-refractivity contribution in [1.29, 1.82) is 0 Å². The highest BCUT2D eigenvalue weighted by atomic mass is 79.9. The number of carbonyl (C=O) groups is 1. The van der Waals surface area contributed by atoms with Crippen LogP contribution >= 0.6 is 39.3 Å². The number of amides is 1. The van der Waals surface area contributed by atoms with E-state index in [0.29, 0.717) is 23.7 Å². The molecule has 0 aromatic heterocycles. The number of nitrogens with zero attached hydrogens (tertiary/aromatic N) is 2. The highest BCUT2D eigenvalue weighted by Crippen LogP contribution is 2.26. The van der Waals surface area contributed by atoms with E-state index in [-0.39, 0.29) is 5.91 Å². The van der Waals surface area contributed by atoms with E-state index in [0.717, 1.165) is 15.4 Å². The number of rotatable bonds is 3. The van der Waals surface area contributed by atoms with Crippen molar-refractivity contribution in [3.8, 4) is 0 Å². The molecule has 0 saturated heterocycles. The Morgan fingerprint density at radius 2 is 2.12 bits per heavy atom. The zero-order valence-corrected chi connectivity index (χ0v) is 16.3. The van der Waals surface area contributed by atoms with Gasteiger partial charge in [0.25, 0.3) is 5.91 Å². The number of carbonyl (C=O) groups excluding carboxylic acids is 1. The first kappa shape index (κ1) is 17.5. The van der Waals surface area contributed by atoms with E-state index in [1.165, 1.54) is 11.1 Å². The van der Waals surface area contributed by atoms with E-state index in [1.54, 1.807) is 28.8 Å². The third-order valence-corrected chi connectivity index (χ3v) is 5.71. The van der Waals surface area contributed by atoms with Gasteiger partial charge in [0.2, 0.25) is 0 Å². The number of thioether (sulfide) groups is 1. The predicted octanol–water partition coefficient (Wildman–Crippen LogP) is 5.16. The summed E-state index contributed by atoms with van der Waals surface area (Å²) in [6, 6.07) is 13.6. The predicted molar refractivity (Wildman–Crippen MR) is 105 cm³/mol. The summed E-state index contributed by atoms with van der Waals surface area (Å²) < 4.78 is 0.834. The maximum Gasteiger partial charge on any atom is 0.261 e. The van der Waals surface area contributed by atoms with Crippen LogP contribution in [0.4, 0.5) is 0 Å². The van der Waals surface area contributed by atoms with Gasteiger partial charge in [-0.15, -0.1) is 0 Å². The Morgan fingerprint density at radius 1 is 1.33 bits per heavy atom. The molecule has 1 aliphatic rings. The van der Waals surface area contributed by atoms with Gasteiger partial charge in [0.05, 0.1) is 17.1 Å². The van der Waals surface area contributed by atoms with Crippen molar-refractivity contribution in [3.05, 3.63) is 68.7 Å². The molecule has 24 heavy (non-hydrogen) atoms. The molecule has 2 aromatic rings. The second kappa shape index (κ2) is 7.72. The molecule has 1 heterocycles. The SMILES string of the molecule is Cc1ccccc1CSC1=NCCN1C(=O)c1cc(Br)ccc1Cl. The minimum absolute atomic E-state index is 0.102. The topological polar surface area (TPSA) is 32.7 Å². The molecule has 6 heteroatoms. The number of hydrogen-bond donors (Lipinski definition) is 0. The van der Waals surface area contributed by atoms with Gasteiger partial charge in [-0.1, -0.05) is 63.6 Å². The monoisotopic (exact) mass is 422 g/mol. The van der Waals surface area contributed by atoms with E-state index in [2.05, 4.69) is 40.0 Å². The third kappa shape index (κ3) is 3.85. The van der Waals surface area contributed by atoms with Crippen LogP contribution in [-0.4, -0.2) is 29.1 Å². The van der Waals surface area contributed by atoms with Crippen molar-refractivity contribution < 1.29 is 4.79 Å². The number of aliphatic imine (C=N–C) groups is 1. The first-order valence-corrected chi connectivity index (χ1v) is 9.70. The summed E-state index contributed by atoms with van der Waals surface area (Å²) in [4.78, 5) is 19.0. The molecule has 1 aliphatic heterocycles. The molecular formula is C18H16BrClN2OS. The second-order valence-electron chi connectivity index (χ2n) is 5.46. The largest absolute Gasteiger partial charge is 0.286 e. The van der Waals surface area contributed by atoms with Crippen molar-refractivity contribution in [3.63, 3.8) is 0 Å². The smallest absolute Gasteiger partial charge is 0.261 e. The summed E-state index contributed by atoms with van der Waals surface area (Å²) in [5, 5.41) is 1.22. The van der Waals surface area contributed by atoms with Crippen molar-refractivity contribution in [2.24, 2.45) is 4.99 Å². The molecule has 3 rings (SSSR count). The fraction of sp³-hybridized carbons (Fsp3) is 0.222. The van der Waals surface area contributed by atoms with E-state index in [4.69, 9.17) is 11.6 Å². The van der Waals surface area contributed by atoms with Gasteiger partial charge in [0, 0.05) is 16.8 Å². The summed E-state index contributed by atoms with van der Waals surface area (Å²) in [6.45, 7) is 3.32. The normalized spacial score (nSPS) is 14.0. The van der Waals surface area contributed by atoms with Gasteiger partial charge in [-0.2, -0.15) is 0 Å². The standard InChI is InChI=1S/C18H16BrClN2OS/c1-12-4-2-3-5-13(12)11-24-18-21-8-9-22(18)17(23)15-10-14(19)6-7-16(15)20/h2-7,10H,8-9,11H2,1H3. The van der Waals surface area contributed by atoms with Crippen LogP contribution in [0.25, 0.3) is 0 Å². The van der Waals surface area contributed by atoms with Gasteiger partial charge in [0.15, 0.2) is 5.17 Å². The summed E-state index contributed by atoms with van der Waals surface area (Å²) >= 11 is 11.2. The lowest BCUT2D eigenvalue weighted by atomic mass is 10.1. The maximum absolute atomic E-state index is 12.8. The summed E-state index contributed by atoms with van der Waals surface area (Å²) in [5.41, 5.74) is 3.00. The number of benzene rings is 2. The van der Waals surface area contributed by atoms with Crippen LogP contribution in [0, 0.1) is 6.92 Å². The number of hydrogen-bond acceptors (Lipinski definition) is 3. The Morgan fingerprint density at radius 3 is 2.92 bits per heavy atom. The van der Waals surface area contributed by atoms with E-state index in [9.17, 15) is 4.79 Å². The van der Waals surface area contributed by atoms with Crippen LogP contribution < -0.4 is 0 Å². The minimum Gasteiger partial charge on any atom is -0.286 e. The molecule has 124 valence electrons. The molecule has 0 unspecified atom stereocenters. The quantitative estimate of drug-likeness (QED) is 0.683. The summed E-state index contributed by atoms with van der Waals surface area (Å²) in [5.74, 6) is 0.691. The number of amidine groups is 1. The Labute approximate surface area is 159 Å². The average molecular weight is 424 g/mol. The van der Waals surface area contributed by atoms with Gasteiger partial charge in [-0.25, -0.2) is 0 Å². The molecule has 0 bridgehead atoms. The molecule has 0 radical (unpaired) electrons. The number of halogens is 2. The lowest BCUT2D eigenvalue weighted by Gasteiger charge is -2.19. The first-order valence-electron chi connectivity index (χ1n) is 7.55. The fourth-order valence-corrected chi connectivity index (χ4v) is 4.14. The molecule has 0 saturated carbocycles. The lowest BCUT2D eigenvalue weighted by molar-refractivity contribution is 0.0861. The van der Waals surface area contributed by atoms with Gasteiger partial charge in [-0.05, 0) is 36.2 Å². The Kier molecular flexibility index (Phi) is 5.64. The maximum atomic E-state index is 12.8. The van der Waals surface area contributed by atoms with E-state index < -0.39 is 0 Å². The second-order valence-corrected chi connectivity index (χ2v) is 7.73. The minimum atomic E-state index is -0.102. The molecule has 0 aliphatic carbocycles. The van der Waals surface area contributed by atoms with Gasteiger partial charge >= 0.3 is 0 Å². The first-order chi connectivity index (χ1) is 11.6. The zero-order valence-electron chi connectivity index (χ0n) is 13.1. The van der Waals surface area contributed by atoms with Crippen LogP contribution in [0.5, 0.6) is 0 Å². The average Bonchev–Trinajstić information content (AvgIpc) is 3.04. The van der Waals surface area contributed by atoms with Crippen molar-refractivity contribution in [1.82, 2.24) is 4.90 Å². The fourth-order valence-electron chi connectivity index (χ4n) is 2.46. The molecule has 0 fully saturated rings. The van der Waals surface area contributed by atoms with Crippen LogP contribution in [0.1, 0.15) is 21.5 Å². The van der Waals surface area contributed by atoms with Crippen LogP contribution in [0.2, 0.25) is 5.02 Å².